The third-order valence-electron chi connectivity index (χ3n) is 1.12. The Hall–Kier alpha value is 0.780. The van der Waals surface area contributed by atoms with Gasteiger partial charge in [0, 0.05) is 12.9 Å². The topological polar surface area (TPSA) is 0 Å². The third kappa shape index (κ3) is 1.89. The molecule has 10 heavy (non-hydrogen) atoms. The average Bonchev–Trinajstić information content (AvgIpc) is 1.88. The van der Waals surface area contributed by atoms with Crippen LogP contribution in [0.15, 0.2) is 27.6 Å². The molecular formula is C7H6BrIS. The van der Waals surface area contributed by atoms with Crippen molar-refractivity contribution in [3.05, 3.63) is 26.2 Å². The van der Waals surface area contributed by atoms with Crippen LogP contribution >= 0.6 is 50.3 Å². The van der Waals surface area contributed by atoms with E-state index in [1.165, 1.54) is 12.9 Å². The van der Waals surface area contributed by atoms with E-state index in [0.29, 0.717) is 0 Å². The predicted octanol–water partition coefficient (Wildman–Crippen LogP) is 3.78. The highest BCUT2D eigenvalue weighted by atomic mass is 127. The van der Waals surface area contributed by atoms with Crippen molar-refractivity contribution in [2.45, 2.75) is 4.90 Å². The molecule has 0 aliphatic carbocycles. The molecule has 0 saturated carbocycles. The fraction of sp³-hybridized carbons (Fsp3) is 0.143. The molecule has 0 N–H and O–H groups in total. The Morgan fingerprint density at radius 2 is 2.20 bits per heavy atom. The normalized spacial score (nSPS) is 9.90. The SMILES string of the molecule is CSc1c(Br)cccc1I. The summed E-state index contributed by atoms with van der Waals surface area (Å²) in [5.74, 6) is 0. The molecule has 1 rings (SSSR count). The molecule has 0 unspecified atom stereocenters. The van der Waals surface area contributed by atoms with Crippen molar-refractivity contribution in [3.63, 3.8) is 0 Å². The third-order valence-corrected chi connectivity index (χ3v) is 4.16. The summed E-state index contributed by atoms with van der Waals surface area (Å²) in [7, 11) is 0. The van der Waals surface area contributed by atoms with Crippen molar-refractivity contribution in [2.75, 3.05) is 6.26 Å². The molecule has 0 aromatic heterocycles. The van der Waals surface area contributed by atoms with Gasteiger partial charge in [0.25, 0.3) is 0 Å². The summed E-state index contributed by atoms with van der Waals surface area (Å²) >= 11 is 7.58. The van der Waals surface area contributed by atoms with Gasteiger partial charge in [0.05, 0.1) is 0 Å². The van der Waals surface area contributed by atoms with E-state index in [2.05, 4.69) is 56.9 Å². The van der Waals surface area contributed by atoms with Gasteiger partial charge in [-0.05, 0) is 56.9 Å². The van der Waals surface area contributed by atoms with Gasteiger partial charge in [-0.1, -0.05) is 6.07 Å². The quantitative estimate of drug-likeness (QED) is 0.558. The monoisotopic (exact) mass is 328 g/mol. The van der Waals surface area contributed by atoms with E-state index >= 15 is 0 Å². The Labute approximate surface area is 87.0 Å². The molecule has 0 radical (unpaired) electrons. The highest BCUT2D eigenvalue weighted by Crippen LogP contribution is 2.29. The van der Waals surface area contributed by atoms with Gasteiger partial charge in [0.2, 0.25) is 0 Å². The molecular weight excluding hydrogens is 323 g/mol. The maximum atomic E-state index is 3.48. The summed E-state index contributed by atoms with van der Waals surface area (Å²) in [5.41, 5.74) is 0. The minimum Gasteiger partial charge on any atom is -0.127 e. The molecule has 0 fully saturated rings. The van der Waals surface area contributed by atoms with Crippen molar-refractivity contribution in [3.8, 4) is 0 Å². The van der Waals surface area contributed by atoms with Crippen molar-refractivity contribution >= 4 is 50.3 Å². The lowest BCUT2D eigenvalue weighted by Gasteiger charge is -2.01. The van der Waals surface area contributed by atoms with Gasteiger partial charge < -0.3 is 0 Å². The summed E-state index contributed by atoms with van der Waals surface area (Å²) < 4.78 is 2.49. The lowest BCUT2D eigenvalue weighted by molar-refractivity contribution is 1.36. The second-order valence-electron chi connectivity index (χ2n) is 1.75. The summed E-state index contributed by atoms with van der Waals surface area (Å²) in [6, 6.07) is 6.22. The van der Waals surface area contributed by atoms with Gasteiger partial charge in [-0.2, -0.15) is 0 Å². The van der Waals surface area contributed by atoms with E-state index in [-0.39, 0.29) is 0 Å². The van der Waals surface area contributed by atoms with Crippen molar-refractivity contribution in [1.82, 2.24) is 0 Å². The molecule has 0 bridgehead atoms. The van der Waals surface area contributed by atoms with E-state index < -0.39 is 0 Å². The number of benzene rings is 1. The summed E-state index contributed by atoms with van der Waals surface area (Å²) in [4.78, 5) is 1.32. The standard InChI is InChI=1S/C7H6BrIS/c1-10-7-5(8)3-2-4-6(7)9/h2-4H,1H3. The van der Waals surface area contributed by atoms with E-state index in [4.69, 9.17) is 0 Å². The largest absolute Gasteiger partial charge is 0.127 e. The van der Waals surface area contributed by atoms with Crippen LogP contribution in [0.1, 0.15) is 0 Å². The maximum absolute atomic E-state index is 3.48. The fourth-order valence-electron chi connectivity index (χ4n) is 0.678. The molecule has 0 spiro atoms. The number of halogens is 2. The number of rotatable bonds is 1. The minimum atomic E-state index is 1.19. The Morgan fingerprint density at radius 3 is 2.60 bits per heavy atom. The molecule has 0 amide bonds. The van der Waals surface area contributed by atoms with Crippen LogP contribution in [-0.4, -0.2) is 6.26 Å². The lowest BCUT2D eigenvalue weighted by Crippen LogP contribution is -1.77. The first kappa shape index (κ1) is 8.87. The first-order valence-electron chi connectivity index (χ1n) is 2.73. The molecule has 3 heteroatoms. The predicted molar refractivity (Wildman–Crippen MR) is 58.6 cm³/mol. The van der Waals surface area contributed by atoms with Gasteiger partial charge in [0.15, 0.2) is 0 Å². The van der Waals surface area contributed by atoms with Crippen molar-refractivity contribution in [2.24, 2.45) is 0 Å². The molecule has 0 aliphatic rings. The van der Waals surface area contributed by atoms with E-state index in [1.807, 2.05) is 6.07 Å². The Balaban J connectivity index is 3.17. The van der Waals surface area contributed by atoms with Gasteiger partial charge in [0.1, 0.15) is 0 Å². The first-order valence-corrected chi connectivity index (χ1v) is 5.83. The molecule has 0 aliphatic heterocycles. The van der Waals surface area contributed by atoms with Crippen LogP contribution in [0.5, 0.6) is 0 Å². The number of thioether (sulfide) groups is 1. The van der Waals surface area contributed by atoms with Gasteiger partial charge in [-0.15, -0.1) is 11.8 Å². The summed E-state index contributed by atoms with van der Waals surface area (Å²) in [6.45, 7) is 0. The molecule has 0 nitrogen and oxygen atoms in total. The van der Waals surface area contributed by atoms with Crippen LogP contribution in [0.2, 0.25) is 0 Å². The van der Waals surface area contributed by atoms with Crippen LogP contribution in [0.25, 0.3) is 0 Å². The highest BCUT2D eigenvalue weighted by molar-refractivity contribution is 14.1. The Bertz CT molecular complexity index is 217. The molecule has 0 saturated heterocycles. The Morgan fingerprint density at radius 1 is 1.50 bits per heavy atom. The van der Waals surface area contributed by atoms with E-state index in [9.17, 15) is 0 Å². The van der Waals surface area contributed by atoms with Crippen LogP contribution < -0.4 is 0 Å². The van der Waals surface area contributed by atoms with Gasteiger partial charge >= 0.3 is 0 Å². The first-order chi connectivity index (χ1) is 4.75. The molecule has 1 aromatic carbocycles. The summed E-state index contributed by atoms with van der Waals surface area (Å²) in [6.07, 6.45) is 2.09. The van der Waals surface area contributed by atoms with Gasteiger partial charge in [-0.25, -0.2) is 0 Å². The van der Waals surface area contributed by atoms with Gasteiger partial charge in [-0.3, -0.25) is 0 Å². The second kappa shape index (κ2) is 3.97. The molecule has 0 atom stereocenters. The Kier molecular flexibility index (Phi) is 3.52. The highest BCUT2D eigenvalue weighted by Gasteiger charge is 2.00. The zero-order chi connectivity index (χ0) is 7.56. The van der Waals surface area contributed by atoms with E-state index in [0.717, 1.165) is 0 Å². The summed E-state index contributed by atoms with van der Waals surface area (Å²) in [5, 5.41) is 0. The van der Waals surface area contributed by atoms with E-state index in [1.54, 1.807) is 11.8 Å². The fourth-order valence-corrected chi connectivity index (χ4v) is 3.58. The number of hydrogen-bond donors (Lipinski definition) is 0. The van der Waals surface area contributed by atoms with Crippen molar-refractivity contribution in [1.29, 1.82) is 0 Å². The van der Waals surface area contributed by atoms with Crippen LogP contribution in [-0.2, 0) is 0 Å². The zero-order valence-electron chi connectivity index (χ0n) is 5.40. The van der Waals surface area contributed by atoms with Crippen LogP contribution in [0, 0.1) is 3.57 Å². The smallest absolute Gasteiger partial charge is 0.0345 e. The van der Waals surface area contributed by atoms with Crippen LogP contribution in [0.3, 0.4) is 0 Å². The maximum Gasteiger partial charge on any atom is 0.0345 e. The van der Waals surface area contributed by atoms with Crippen LogP contribution in [0.4, 0.5) is 0 Å². The minimum absolute atomic E-state index is 1.19. The lowest BCUT2D eigenvalue weighted by atomic mass is 10.4. The zero-order valence-corrected chi connectivity index (χ0v) is 9.96. The second-order valence-corrected chi connectivity index (χ2v) is 4.59. The average molecular weight is 329 g/mol. The molecule has 54 valence electrons. The van der Waals surface area contributed by atoms with Crippen molar-refractivity contribution < 1.29 is 0 Å². The number of hydrogen-bond acceptors (Lipinski definition) is 1. The molecule has 1 aromatic rings. The molecule has 0 heterocycles.